The first-order valence-electron chi connectivity index (χ1n) is 24.1. The van der Waals surface area contributed by atoms with Crippen LogP contribution in [0, 0.1) is 29.6 Å². The number of aliphatic hydroxyl groups excluding tert-OH is 1. The van der Waals surface area contributed by atoms with E-state index in [1.165, 1.54) is 25.2 Å². The number of fused-ring (bicyclic) bond motifs is 5. The van der Waals surface area contributed by atoms with Gasteiger partial charge in [-0.3, -0.25) is 19.4 Å². The molecule has 0 aliphatic carbocycles. The monoisotopic (exact) mass is 1110 g/mol. The van der Waals surface area contributed by atoms with E-state index in [0.717, 1.165) is 6.92 Å². The number of hydrogen-bond acceptors (Lipinski definition) is 17. The summed E-state index contributed by atoms with van der Waals surface area (Å²) < 4.78 is 41.0. The molecule has 3 aliphatic heterocycles. The van der Waals surface area contributed by atoms with Crippen molar-refractivity contribution in [2.75, 3.05) is 26.0 Å². The fourth-order valence-corrected chi connectivity index (χ4v) is 11.1. The minimum absolute atomic E-state index is 0.0317. The summed E-state index contributed by atoms with van der Waals surface area (Å²) in [6.07, 6.45) is -1.19. The third kappa shape index (κ3) is 13.8. The van der Waals surface area contributed by atoms with Gasteiger partial charge >= 0.3 is 5.97 Å². The van der Waals surface area contributed by atoms with Crippen LogP contribution in [0.3, 0.4) is 0 Å². The van der Waals surface area contributed by atoms with E-state index in [9.17, 15) is 29.4 Å². The van der Waals surface area contributed by atoms with E-state index in [0.29, 0.717) is 46.3 Å². The van der Waals surface area contributed by atoms with Crippen LogP contribution in [0.2, 0.25) is 0 Å². The number of nitrogens with two attached hydrogens (primary N) is 1. The molecule has 3 saturated heterocycles. The summed E-state index contributed by atoms with van der Waals surface area (Å²) in [5, 5.41) is 33.9. The topological polar surface area (TPSA) is 247 Å². The van der Waals surface area contributed by atoms with Gasteiger partial charge in [-0.25, -0.2) is 19.2 Å². The van der Waals surface area contributed by atoms with Gasteiger partial charge in [0.2, 0.25) is 11.8 Å². The first-order chi connectivity index (χ1) is 32.7. The highest BCUT2D eigenvalue weighted by atomic mass is 127. The number of oxime groups is 1. The quantitative estimate of drug-likeness (QED) is 0.0588. The largest absolute Gasteiger partial charge is 0.446 e. The van der Waals surface area contributed by atoms with Gasteiger partial charge in [-0.2, -0.15) is 0 Å². The predicted molar refractivity (Wildman–Crippen MR) is 272 cm³/mol. The van der Waals surface area contributed by atoms with Crippen molar-refractivity contribution >= 4 is 74.7 Å². The van der Waals surface area contributed by atoms with Crippen LogP contribution >= 0.6 is 33.9 Å². The van der Waals surface area contributed by atoms with Gasteiger partial charge in [-0.1, -0.05) is 46.7 Å². The molecule has 0 unspecified atom stereocenters. The van der Waals surface area contributed by atoms with Crippen LogP contribution in [0.1, 0.15) is 113 Å². The molecule has 5 heterocycles. The number of amides is 2. The number of carbonyl (C=O) groups is 4. The van der Waals surface area contributed by atoms with Crippen molar-refractivity contribution in [2.24, 2.45) is 45.5 Å². The molecule has 0 aromatic carbocycles. The SMILES string of the molecule is CCC(=O)N=C1[C@H](C)C[C@@]2(C)OC/C(=N/OCc3ccc(-c4nc(NC(=O)[C@@H](N)CC(C)C)cs4)cn3)CC[C@H]([C@H]1C)[C@](C)(O)[C@@H](I)OC(=O)[C@@](C)(F)C(=O)[C@H](C)[C@H]2O[C@@H]1O[C@H](C)C[C@H](N(C)C)[C@H]1O. The number of nitrogens with zero attached hydrogens (tertiary/aromatic N) is 5. The number of ether oxygens (including phenoxy) is 4. The van der Waals surface area contributed by atoms with Gasteiger partial charge in [0.1, 0.15) is 22.5 Å². The van der Waals surface area contributed by atoms with Crippen LogP contribution in [0.4, 0.5) is 10.2 Å². The van der Waals surface area contributed by atoms with Crippen LogP contribution in [0.25, 0.3) is 10.6 Å². The molecule has 0 saturated carbocycles. The Morgan fingerprint density at radius 3 is 2.47 bits per heavy atom. The number of anilines is 1. The molecule has 2 amide bonds. The molecule has 2 aromatic heterocycles. The van der Waals surface area contributed by atoms with E-state index in [4.69, 9.17) is 29.5 Å². The molecule has 21 heteroatoms. The fourth-order valence-electron chi connectivity index (χ4n) is 9.69. The smallest absolute Gasteiger partial charge is 0.352 e. The lowest BCUT2D eigenvalue weighted by Crippen LogP contribution is -2.61. The molecule has 5 N–H and O–H groups in total. The minimum Gasteiger partial charge on any atom is -0.446 e. The van der Waals surface area contributed by atoms with Crippen molar-refractivity contribution in [1.82, 2.24) is 14.9 Å². The Labute approximate surface area is 428 Å². The van der Waals surface area contributed by atoms with Crippen LogP contribution < -0.4 is 11.1 Å². The molecule has 3 fully saturated rings. The summed E-state index contributed by atoms with van der Waals surface area (Å²) in [6, 6.07) is 2.52. The number of Topliss-reactive ketones (excluding diaryl/α,β-unsaturated/α-hetero) is 1. The molecule has 0 spiro atoms. The van der Waals surface area contributed by atoms with Crippen LogP contribution in [0.15, 0.2) is 33.9 Å². The summed E-state index contributed by atoms with van der Waals surface area (Å²) in [5.41, 5.74) is 1.47. The number of esters is 1. The van der Waals surface area contributed by atoms with E-state index >= 15 is 4.39 Å². The summed E-state index contributed by atoms with van der Waals surface area (Å²) in [6.45, 7) is 16.4. The molecule has 2 bridgehead atoms. The molecule has 5 rings (SSSR count). The van der Waals surface area contributed by atoms with Crippen molar-refractivity contribution in [3.63, 3.8) is 0 Å². The average Bonchev–Trinajstić information content (AvgIpc) is 3.76. The highest BCUT2D eigenvalue weighted by Gasteiger charge is 2.56. The molecule has 14 atom stereocenters. The first kappa shape index (κ1) is 57.5. The molecule has 2 aromatic rings. The lowest BCUT2D eigenvalue weighted by atomic mass is 9.70. The second-order valence-corrected chi connectivity index (χ2v) is 22.4. The zero-order valence-corrected chi connectivity index (χ0v) is 45.4. The van der Waals surface area contributed by atoms with Gasteiger partial charge in [0.05, 0.1) is 41.9 Å². The van der Waals surface area contributed by atoms with E-state index in [2.05, 4.69) is 25.4 Å². The second kappa shape index (κ2) is 24.1. The Kier molecular flexibility index (Phi) is 19.8. The molecule has 70 heavy (non-hydrogen) atoms. The Balaban J connectivity index is 1.55. The molecule has 18 nitrogen and oxygen atoms in total. The van der Waals surface area contributed by atoms with E-state index in [1.54, 1.807) is 54.1 Å². The standard InChI is InChI=1S/C49H73FIN7O11S/c1-13-37(59)56-38-26(4)20-47(8)41(68-44-39(60)35(58(11)12)19-27(5)67-44)29(7)40(61)48(9,50)46(63)69-45(51)49(10,64)33(28(38)6)17-16-32(22-65-47)57-66-23-31-15-14-30(21-53-31)43-55-36(24-70-43)54-42(62)34(52)18-25(2)3/h14-15,21,24-29,33-35,39,41,44-45,60,64H,13,16-20,22-23,52H2,1-12H3,(H,54,62)/b56-38?,57-32+/t26-,27-,28-,29+,33-,34+,35+,39-,41-,44+,45+,47-,48+,49+/m1/s1. The Morgan fingerprint density at radius 2 is 1.84 bits per heavy atom. The van der Waals surface area contributed by atoms with Gasteiger partial charge in [0, 0.05) is 47.2 Å². The number of aromatic nitrogens is 2. The number of halogens is 2. The van der Waals surface area contributed by atoms with Crippen molar-refractivity contribution in [3.8, 4) is 10.6 Å². The normalized spacial score (nSPS) is 35.5. The zero-order valence-electron chi connectivity index (χ0n) is 42.4. The number of rotatable bonds is 12. The molecular formula is C49H73FIN7O11S. The van der Waals surface area contributed by atoms with Crippen molar-refractivity contribution in [1.29, 1.82) is 0 Å². The summed E-state index contributed by atoms with van der Waals surface area (Å²) in [7, 11) is 3.64. The number of thiazole rings is 1. The third-order valence-electron chi connectivity index (χ3n) is 13.7. The number of likely N-dealkylation sites (N-methyl/N-ethyl adjacent to an activating group) is 1. The lowest BCUT2D eigenvalue weighted by Gasteiger charge is -2.47. The van der Waals surface area contributed by atoms with Crippen molar-refractivity contribution in [3.05, 3.63) is 29.4 Å². The Morgan fingerprint density at radius 1 is 1.14 bits per heavy atom. The Bertz CT molecular complexity index is 2210. The lowest BCUT2D eigenvalue weighted by molar-refractivity contribution is -0.296. The van der Waals surface area contributed by atoms with Gasteiger partial charge in [-0.05, 0) is 126 Å². The average molecular weight is 1110 g/mol. The molecule has 3 aliphatic rings. The number of cyclic esters (lactones) is 1. The van der Waals surface area contributed by atoms with Crippen molar-refractivity contribution in [2.45, 2.75) is 172 Å². The van der Waals surface area contributed by atoms with Crippen LogP contribution in [-0.4, -0.2) is 138 Å². The van der Waals surface area contributed by atoms with E-state index < -0.39 is 99.0 Å². The number of ketones is 1. The van der Waals surface area contributed by atoms with Gasteiger partial charge in [-0.15, -0.1) is 11.3 Å². The summed E-state index contributed by atoms with van der Waals surface area (Å²) >= 11 is 3.08. The Hall–Kier alpha value is -3.42. The number of carbonyl (C=O) groups excluding carboxylic acids is 4. The maximum atomic E-state index is 16.9. The number of aliphatic imine (C=N–C) groups is 1. The number of pyridine rings is 1. The highest BCUT2D eigenvalue weighted by molar-refractivity contribution is 14.1. The number of nitrogens with one attached hydrogen (secondary N) is 1. The number of aliphatic hydroxyl groups is 2. The van der Waals surface area contributed by atoms with E-state index in [1.807, 2.05) is 59.7 Å². The van der Waals surface area contributed by atoms with Crippen LogP contribution in [0.5, 0.6) is 0 Å². The summed E-state index contributed by atoms with van der Waals surface area (Å²) in [5.74, 6) is -6.16. The molecule has 0 radical (unpaired) electrons. The fraction of sp³-hybridized carbons (Fsp3) is 0.714. The number of hydrogen-bond donors (Lipinski definition) is 4. The second-order valence-electron chi connectivity index (χ2n) is 20.4. The maximum Gasteiger partial charge on any atom is 0.352 e. The third-order valence-corrected chi connectivity index (χ3v) is 16.2. The van der Waals surface area contributed by atoms with Crippen molar-refractivity contribution < 1.29 is 57.6 Å². The minimum atomic E-state index is -3.21. The van der Waals surface area contributed by atoms with Gasteiger partial charge in [0.15, 0.2) is 22.8 Å². The summed E-state index contributed by atoms with van der Waals surface area (Å²) in [4.78, 5) is 75.7. The van der Waals surface area contributed by atoms with Gasteiger partial charge < -0.3 is 49.9 Å². The first-order valence-corrected chi connectivity index (χ1v) is 26.2. The maximum absolute atomic E-state index is 16.9. The van der Waals surface area contributed by atoms with Crippen LogP contribution in [-0.2, 0) is 49.6 Å². The highest BCUT2D eigenvalue weighted by Crippen LogP contribution is 2.44. The molecule has 390 valence electrons. The number of alkyl halides is 2. The molecular weight excluding hydrogens is 1040 g/mol. The van der Waals surface area contributed by atoms with Gasteiger partial charge in [0.25, 0.3) is 5.67 Å². The van der Waals surface area contributed by atoms with E-state index in [-0.39, 0.29) is 50.7 Å². The predicted octanol–water partition coefficient (Wildman–Crippen LogP) is 6.43. The zero-order chi connectivity index (χ0) is 52.0.